The number of aromatic amines is 1. The van der Waals surface area contributed by atoms with E-state index in [4.69, 9.17) is 10.5 Å². The van der Waals surface area contributed by atoms with Gasteiger partial charge in [-0.1, -0.05) is 0 Å². The Kier molecular flexibility index (Phi) is 3.88. The summed E-state index contributed by atoms with van der Waals surface area (Å²) in [7, 11) is 0. The minimum atomic E-state index is 0.150. The first-order valence-corrected chi connectivity index (χ1v) is 2.72. The van der Waals surface area contributed by atoms with E-state index in [9.17, 15) is 0 Å². The highest BCUT2D eigenvalue weighted by molar-refractivity contribution is 5.34. The molecule has 1 aromatic heterocycles. The second kappa shape index (κ2) is 4.78. The molecule has 1 N–H and O–H groups in total. The maximum absolute atomic E-state index is 8.27. The Balaban J connectivity index is 0.000000461. The minimum Gasteiger partial charge on any atom is -0.335 e. The summed E-state index contributed by atoms with van der Waals surface area (Å²) >= 11 is 0. The zero-order chi connectivity index (χ0) is 8.69. The Morgan fingerprint density at radius 2 is 2.00 bits per heavy atom. The lowest BCUT2D eigenvalue weighted by Gasteiger charge is -1.73. The Bertz CT molecular complexity index is 270. The lowest BCUT2D eigenvalue weighted by Crippen LogP contribution is -1.77. The molecular weight excluding hydrogens is 140 g/mol. The first-order valence-electron chi connectivity index (χ1n) is 2.72. The first kappa shape index (κ1) is 8.93. The van der Waals surface area contributed by atoms with Gasteiger partial charge in [0, 0.05) is 0 Å². The van der Waals surface area contributed by atoms with Crippen LogP contribution in [-0.4, -0.2) is 9.97 Å². The van der Waals surface area contributed by atoms with Crippen molar-refractivity contribution in [2.75, 3.05) is 0 Å². The molecule has 1 aromatic rings. The van der Waals surface area contributed by atoms with Gasteiger partial charge in [0.05, 0.1) is 6.33 Å². The van der Waals surface area contributed by atoms with Crippen LogP contribution in [0.25, 0.3) is 0 Å². The molecule has 1 rings (SSSR count). The van der Waals surface area contributed by atoms with Gasteiger partial charge in [-0.25, -0.2) is 4.98 Å². The molecule has 54 valence electrons. The van der Waals surface area contributed by atoms with Gasteiger partial charge in [0.25, 0.3) is 0 Å². The number of nitriles is 2. The second-order valence-corrected chi connectivity index (χ2v) is 1.35. The quantitative estimate of drug-likeness (QED) is 0.553. The molecule has 11 heavy (non-hydrogen) atoms. The van der Waals surface area contributed by atoms with Crippen molar-refractivity contribution < 1.29 is 0 Å². The normalized spacial score (nSPS) is 6.73. The summed E-state index contributed by atoms with van der Waals surface area (Å²) in [4.78, 5) is 6.08. The molecular formula is C7H6N4. The van der Waals surface area contributed by atoms with Gasteiger partial charge in [-0.05, 0) is 0 Å². The van der Waals surface area contributed by atoms with Gasteiger partial charge in [-0.2, -0.15) is 10.5 Å². The van der Waals surface area contributed by atoms with E-state index in [1.807, 2.05) is 0 Å². The van der Waals surface area contributed by atoms with Crippen molar-refractivity contribution in [3.63, 3.8) is 0 Å². The summed E-state index contributed by atoms with van der Waals surface area (Å²) < 4.78 is 0. The predicted molar refractivity (Wildman–Crippen MR) is 39.3 cm³/mol. The van der Waals surface area contributed by atoms with E-state index in [2.05, 4.69) is 23.1 Å². The molecule has 0 bridgehead atoms. The SMILES string of the molecule is C=C.N#Cc1nc[nH]c1C#N. The highest BCUT2D eigenvalue weighted by Crippen LogP contribution is 1.95. The summed E-state index contributed by atoms with van der Waals surface area (Å²) in [5.41, 5.74) is 0.370. The van der Waals surface area contributed by atoms with Crippen LogP contribution in [0.4, 0.5) is 0 Å². The number of aromatic nitrogens is 2. The number of hydrogen-bond donors (Lipinski definition) is 1. The maximum atomic E-state index is 8.27. The highest BCUT2D eigenvalue weighted by atomic mass is 14.9. The third kappa shape index (κ3) is 1.96. The monoisotopic (exact) mass is 146 g/mol. The van der Waals surface area contributed by atoms with Crippen molar-refractivity contribution in [3.05, 3.63) is 30.9 Å². The Labute approximate surface area is 64.4 Å². The zero-order valence-electron chi connectivity index (χ0n) is 5.83. The summed E-state index contributed by atoms with van der Waals surface area (Å²) in [5, 5.41) is 16.5. The molecule has 0 fully saturated rings. The van der Waals surface area contributed by atoms with Crippen molar-refractivity contribution in [3.8, 4) is 12.1 Å². The number of hydrogen-bond acceptors (Lipinski definition) is 3. The number of nitrogens with one attached hydrogen (secondary N) is 1. The molecule has 0 amide bonds. The average molecular weight is 146 g/mol. The molecule has 0 aliphatic carbocycles. The van der Waals surface area contributed by atoms with Gasteiger partial charge in [-0.15, -0.1) is 13.2 Å². The van der Waals surface area contributed by atoms with Crippen LogP contribution in [0.1, 0.15) is 11.4 Å². The maximum Gasteiger partial charge on any atom is 0.176 e. The molecule has 0 saturated heterocycles. The van der Waals surface area contributed by atoms with Crippen LogP contribution in [0.3, 0.4) is 0 Å². The van der Waals surface area contributed by atoms with Crippen molar-refractivity contribution in [2.24, 2.45) is 0 Å². The summed E-state index contributed by atoms with van der Waals surface area (Å²) in [6.45, 7) is 6.00. The fourth-order valence-corrected chi connectivity index (χ4v) is 0.464. The van der Waals surface area contributed by atoms with Crippen LogP contribution < -0.4 is 0 Å². The topological polar surface area (TPSA) is 76.3 Å². The van der Waals surface area contributed by atoms with Gasteiger partial charge < -0.3 is 4.98 Å². The zero-order valence-corrected chi connectivity index (χ0v) is 5.83. The van der Waals surface area contributed by atoms with Crippen LogP contribution in [0.15, 0.2) is 19.5 Å². The van der Waals surface area contributed by atoms with Gasteiger partial charge in [0.15, 0.2) is 11.4 Å². The third-order valence-electron chi connectivity index (χ3n) is 0.857. The lowest BCUT2D eigenvalue weighted by molar-refractivity contribution is 1.29. The molecule has 0 atom stereocenters. The number of rotatable bonds is 0. The summed E-state index contributed by atoms with van der Waals surface area (Å²) in [6.07, 6.45) is 1.32. The Morgan fingerprint density at radius 3 is 2.36 bits per heavy atom. The molecule has 4 nitrogen and oxygen atoms in total. The molecule has 0 radical (unpaired) electrons. The van der Waals surface area contributed by atoms with Crippen molar-refractivity contribution in [2.45, 2.75) is 0 Å². The van der Waals surface area contributed by atoms with E-state index < -0.39 is 0 Å². The summed E-state index contributed by atoms with van der Waals surface area (Å²) in [6, 6.07) is 3.55. The number of imidazole rings is 1. The largest absolute Gasteiger partial charge is 0.335 e. The number of nitrogens with zero attached hydrogens (tertiary/aromatic N) is 3. The van der Waals surface area contributed by atoms with Gasteiger partial charge in [0.2, 0.25) is 0 Å². The number of H-pyrrole nitrogens is 1. The van der Waals surface area contributed by atoms with Crippen LogP contribution in [0.2, 0.25) is 0 Å². The second-order valence-electron chi connectivity index (χ2n) is 1.35. The van der Waals surface area contributed by atoms with Gasteiger partial charge in [-0.3, -0.25) is 0 Å². The van der Waals surface area contributed by atoms with E-state index >= 15 is 0 Å². The van der Waals surface area contributed by atoms with Crippen LogP contribution in [-0.2, 0) is 0 Å². The minimum absolute atomic E-state index is 0.150. The molecule has 0 aliphatic rings. The molecule has 4 heteroatoms. The molecule has 0 spiro atoms. The van der Waals surface area contributed by atoms with Gasteiger partial charge in [0.1, 0.15) is 12.1 Å². The highest BCUT2D eigenvalue weighted by Gasteiger charge is 1.99. The van der Waals surface area contributed by atoms with Crippen LogP contribution >= 0.6 is 0 Å². The van der Waals surface area contributed by atoms with E-state index in [-0.39, 0.29) is 11.4 Å². The lowest BCUT2D eigenvalue weighted by atomic mass is 10.4. The fraction of sp³-hybridized carbons (Fsp3) is 0. The van der Waals surface area contributed by atoms with E-state index in [0.29, 0.717) is 0 Å². The van der Waals surface area contributed by atoms with E-state index in [0.717, 1.165) is 0 Å². The van der Waals surface area contributed by atoms with Crippen molar-refractivity contribution >= 4 is 0 Å². The predicted octanol–water partition coefficient (Wildman–Crippen LogP) is 0.955. The molecule has 0 aromatic carbocycles. The standard InChI is InChI=1S/C5H2N4.C2H4/c6-1-4-5(2-7)9-3-8-4;1-2/h3H,(H,8,9);1-2H2. The molecule has 0 unspecified atom stereocenters. The van der Waals surface area contributed by atoms with Crippen molar-refractivity contribution in [1.29, 1.82) is 10.5 Å². The molecule has 0 aliphatic heterocycles. The molecule has 1 heterocycles. The average Bonchev–Trinajstić information content (AvgIpc) is 2.54. The first-order chi connectivity index (χ1) is 5.38. The summed E-state index contributed by atoms with van der Waals surface area (Å²) in [5.74, 6) is 0. The van der Waals surface area contributed by atoms with Crippen LogP contribution in [0.5, 0.6) is 0 Å². The van der Waals surface area contributed by atoms with Crippen LogP contribution in [0, 0.1) is 22.7 Å². The van der Waals surface area contributed by atoms with E-state index in [1.165, 1.54) is 6.33 Å². The third-order valence-corrected chi connectivity index (χ3v) is 0.857. The fourth-order valence-electron chi connectivity index (χ4n) is 0.464. The Morgan fingerprint density at radius 1 is 1.36 bits per heavy atom. The Hall–Kier alpha value is -2.07. The molecule has 0 saturated carbocycles. The van der Waals surface area contributed by atoms with E-state index in [1.54, 1.807) is 12.1 Å². The van der Waals surface area contributed by atoms with Crippen molar-refractivity contribution in [1.82, 2.24) is 9.97 Å². The van der Waals surface area contributed by atoms with Gasteiger partial charge >= 0.3 is 0 Å². The smallest absolute Gasteiger partial charge is 0.176 e.